The molecule has 9 heteroatoms. The second kappa shape index (κ2) is 9.86. The molecule has 2 fully saturated rings. The quantitative estimate of drug-likeness (QED) is 0.578. The van der Waals surface area contributed by atoms with Gasteiger partial charge < -0.3 is 15.4 Å². The molecule has 2 aromatic carbocycles. The van der Waals surface area contributed by atoms with Gasteiger partial charge in [-0.2, -0.15) is 4.31 Å². The zero-order chi connectivity index (χ0) is 23.4. The van der Waals surface area contributed by atoms with Crippen LogP contribution in [0.4, 0.5) is 5.69 Å². The SMILES string of the molecule is C=CC(=O)NC1CC2CN(S(=O)(=O)c3ccc(NC(=O)CCc4ccccc4)cc3)CC2O1. The predicted molar refractivity (Wildman–Crippen MR) is 124 cm³/mol. The minimum atomic E-state index is -3.68. The average molecular weight is 470 g/mol. The molecule has 0 radical (unpaired) electrons. The van der Waals surface area contributed by atoms with E-state index in [1.165, 1.54) is 22.5 Å². The highest BCUT2D eigenvalue weighted by atomic mass is 32.2. The van der Waals surface area contributed by atoms with Crippen LogP contribution < -0.4 is 10.6 Å². The van der Waals surface area contributed by atoms with Crippen LogP contribution in [0.2, 0.25) is 0 Å². The van der Waals surface area contributed by atoms with E-state index in [4.69, 9.17) is 4.74 Å². The Morgan fingerprint density at radius 2 is 1.82 bits per heavy atom. The molecule has 2 aliphatic rings. The van der Waals surface area contributed by atoms with Crippen LogP contribution in [-0.4, -0.2) is 50.0 Å². The first-order valence-corrected chi connectivity index (χ1v) is 12.3. The number of benzene rings is 2. The Bertz CT molecular complexity index is 1100. The van der Waals surface area contributed by atoms with Crippen molar-refractivity contribution in [3.8, 4) is 0 Å². The van der Waals surface area contributed by atoms with E-state index in [1.54, 1.807) is 12.1 Å². The molecule has 3 atom stereocenters. The van der Waals surface area contributed by atoms with Gasteiger partial charge in [-0.1, -0.05) is 36.9 Å². The molecule has 0 spiro atoms. The maximum absolute atomic E-state index is 13.1. The number of hydrogen-bond acceptors (Lipinski definition) is 5. The number of carbonyl (C=O) groups is 2. The van der Waals surface area contributed by atoms with Gasteiger partial charge in [0.2, 0.25) is 21.8 Å². The topological polar surface area (TPSA) is 105 Å². The molecular weight excluding hydrogens is 442 g/mol. The Labute approximate surface area is 193 Å². The van der Waals surface area contributed by atoms with E-state index in [0.717, 1.165) is 5.56 Å². The summed E-state index contributed by atoms with van der Waals surface area (Å²) < 4.78 is 33.3. The minimum absolute atomic E-state index is 0.0260. The number of nitrogens with one attached hydrogen (secondary N) is 2. The van der Waals surface area contributed by atoms with Gasteiger partial charge in [-0.05, 0) is 48.7 Å². The van der Waals surface area contributed by atoms with E-state index >= 15 is 0 Å². The lowest BCUT2D eigenvalue weighted by molar-refractivity contribution is -0.120. The van der Waals surface area contributed by atoms with Crippen molar-refractivity contribution in [1.29, 1.82) is 0 Å². The highest BCUT2D eigenvalue weighted by molar-refractivity contribution is 7.89. The number of fused-ring (bicyclic) bond motifs is 1. The van der Waals surface area contributed by atoms with Crippen LogP contribution in [-0.2, 0) is 30.8 Å². The molecule has 0 saturated carbocycles. The molecule has 0 aromatic heterocycles. The molecule has 2 amide bonds. The summed E-state index contributed by atoms with van der Waals surface area (Å²) in [5.41, 5.74) is 1.64. The van der Waals surface area contributed by atoms with E-state index in [9.17, 15) is 18.0 Å². The number of nitrogens with zero attached hydrogens (tertiary/aromatic N) is 1. The van der Waals surface area contributed by atoms with E-state index in [-0.39, 0.29) is 35.3 Å². The standard InChI is InChI=1S/C24H27N3O5S/c1-2-22(28)26-24-14-18-15-27(16-21(18)32-24)33(30,31)20-11-9-19(10-12-20)25-23(29)13-8-17-6-4-3-5-7-17/h2-7,9-12,18,21,24H,1,8,13-16H2,(H,25,29)(H,26,28). The Hall–Kier alpha value is -3.01. The Morgan fingerprint density at radius 3 is 2.48 bits per heavy atom. The number of ether oxygens (including phenoxy) is 1. The number of rotatable bonds is 8. The Kier molecular flexibility index (Phi) is 6.92. The average Bonchev–Trinajstić information content (AvgIpc) is 3.38. The van der Waals surface area contributed by atoms with E-state index in [0.29, 0.717) is 31.5 Å². The first kappa shape index (κ1) is 23.2. The molecule has 8 nitrogen and oxygen atoms in total. The first-order valence-electron chi connectivity index (χ1n) is 10.9. The van der Waals surface area contributed by atoms with Gasteiger partial charge in [-0.3, -0.25) is 9.59 Å². The number of aryl methyl sites for hydroxylation is 1. The summed E-state index contributed by atoms with van der Waals surface area (Å²) >= 11 is 0. The van der Waals surface area contributed by atoms with Crippen LogP contribution in [0.3, 0.4) is 0 Å². The highest BCUT2D eigenvalue weighted by Crippen LogP contribution is 2.35. The van der Waals surface area contributed by atoms with E-state index in [2.05, 4.69) is 17.2 Å². The minimum Gasteiger partial charge on any atom is -0.354 e. The van der Waals surface area contributed by atoms with E-state index in [1.807, 2.05) is 30.3 Å². The van der Waals surface area contributed by atoms with Gasteiger partial charge in [-0.25, -0.2) is 8.42 Å². The van der Waals surface area contributed by atoms with Crippen LogP contribution in [0.5, 0.6) is 0 Å². The van der Waals surface area contributed by atoms with Crippen LogP contribution in [0, 0.1) is 5.92 Å². The fourth-order valence-corrected chi connectivity index (χ4v) is 5.73. The van der Waals surface area contributed by atoms with Crippen molar-refractivity contribution in [1.82, 2.24) is 9.62 Å². The molecule has 2 N–H and O–H groups in total. The summed E-state index contributed by atoms with van der Waals surface area (Å²) in [5.74, 6) is -0.410. The van der Waals surface area contributed by atoms with Crippen molar-refractivity contribution in [3.05, 3.63) is 72.8 Å². The third-order valence-corrected chi connectivity index (χ3v) is 7.80. The number of amides is 2. The maximum atomic E-state index is 13.1. The number of anilines is 1. The second-order valence-electron chi connectivity index (χ2n) is 8.25. The molecule has 0 bridgehead atoms. The molecular formula is C24H27N3O5S. The van der Waals surface area contributed by atoms with E-state index < -0.39 is 16.3 Å². The van der Waals surface area contributed by atoms with Crippen molar-refractivity contribution >= 4 is 27.5 Å². The smallest absolute Gasteiger partial charge is 0.245 e. The fourth-order valence-electron chi connectivity index (χ4n) is 4.22. The molecule has 2 aromatic rings. The van der Waals surface area contributed by atoms with Crippen molar-refractivity contribution in [3.63, 3.8) is 0 Å². The van der Waals surface area contributed by atoms with Crippen molar-refractivity contribution in [2.24, 2.45) is 5.92 Å². The van der Waals surface area contributed by atoms with Gasteiger partial charge in [0.25, 0.3) is 0 Å². The summed E-state index contributed by atoms with van der Waals surface area (Å²) in [6.07, 6.45) is 2.05. The van der Waals surface area contributed by atoms with Crippen LogP contribution >= 0.6 is 0 Å². The molecule has 4 rings (SSSR count). The molecule has 2 heterocycles. The van der Waals surface area contributed by atoms with Gasteiger partial charge in [0.05, 0.1) is 11.0 Å². The fraction of sp³-hybridized carbons (Fsp3) is 0.333. The maximum Gasteiger partial charge on any atom is 0.245 e. The summed E-state index contributed by atoms with van der Waals surface area (Å²) in [7, 11) is -3.68. The third kappa shape index (κ3) is 5.50. The predicted octanol–water partition coefficient (Wildman–Crippen LogP) is 2.30. The first-order chi connectivity index (χ1) is 15.8. The lowest BCUT2D eigenvalue weighted by Crippen LogP contribution is -2.37. The molecule has 33 heavy (non-hydrogen) atoms. The monoisotopic (exact) mass is 469 g/mol. The van der Waals surface area contributed by atoms with Crippen molar-refractivity contribution in [2.45, 2.75) is 36.5 Å². The Morgan fingerprint density at radius 1 is 1.09 bits per heavy atom. The van der Waals surface area contributed by atoms with Gasteiger partial charge in [0, 0.05) is 31.1 Å². The molecule has 174 valence electrons. The van der Waals surface area contributed by atoms with Crippen LogP contribution in [0.25, 0.3) is 0 Å². The number of sulfonamides is 1. The Balaban J connectivity index is 1.31. The zero-order valence-corrected chi connectivity index (χ0v) is 19.0. The number of carbonyl (C=O) groups excluding carboxylic acids is 2. The highest BCUT2D eigenvalue weighted by Gasteiger charge is 2.46. The summed E-state index contributed by atoms with van der Waals surface area (Å²) in [5, 5.41) is 5.51. The summed E-state index contributed by atoms with van der Waals surface area (Å²) in [6, 6.07) is 16.0. The lowest BCUT2D eigenvalue weighted by Gasteiger charge is -2.19. The molecule has 3 unspecified atom stereocenters. The van der Waals surface area contributed by atoms with Crippen LogP contribution in [0.15, 0.2) is 72.1 Å². The second-order valence-corrected chi connectivity index (χ2v) is 10.2. The van der Waals surface area contributed by atoms with Crippen molar-refractivity contribution in [2.75, 3.05) is 18.4 Å². The summed E-state index contributed by atoms with van der Waals surface area (Å²) in [6.45, 7) is 4.00. The zero-order valence-electron chi connectivity index (χ0n) is 18.1. The van der Waals surface area contributed by atoms with Gasteiger partial charge in [0.15, 0.2) is 0 Å². The van der Waals surface area contributed by atoms with Gasteiger partial charge in [0.1, 0.15) is 6.23 Å². The van der Waals surface area contributed by atoms with Gasteiger partial charge in [-0.15, -0.1) is 0 Å². The van der Waals surface area contributed by atoms with Crippen LogP contribution in [0.1, 0.15) is 18.4 Å². The molecule has 2 aliphatic heterocycles. The van der Waals surface area contributed by atoms with Gasteiger partial charge >= 0.3 is 0 Å². The lowest BCUT2D eigenvalue weighted by atomic mass is 10.1. The van der Waals surface area contributed by atoms with Crippen molar-refractivity contribution < 1.29 is 22.7 Å². The number of hydrogen-bond donors (Lipinski definition) is 2. The molecule has 0 aliphatic carbocycles. The normalized spacial score (nSPS) is 22.5. The third-order valence-electron chi connectivity index (χ3n) is 5.95. The largest absolute Gasteiger partial charge is 0.354 e. The summed E-state index contributed by atoms with van der Waals surface area (Å²) in [4.78, 5) is 23.8. The molecule has 2 saturated heterocycles.